The summed E-state index contributed by atoms with van der Waals surface area (Å²) in [5.41, 5.74) is 2.06. The van der Waals surface area contributed by atoms with Crippen molar-refractivity contribution in [1.82, 2.24) is 0 Å². The molecule has 148 valence electrons. The fraction of sp³-hybridized carbons (Fsp3) is 0.200. The highest BCUT2D eigenvalue weighted by Crippen LogP contribution is 2.23. The number of hydrogen-bond acceptors (Lipinski definition) is 4. The summed E-state index contributed by atoms with van der Waals surface area (Å²) in [6, 6.07) is 13.2. The van der Waals surface area contributed by atoms with Gasteiger partial charge in [-0.1, -0.05) is 48.6 Å². The van der Waals surface area contributed by atoms with Crippen LogP contribution in [0.15, 0.2) is 82.6 Å². The van der Waals surface area contributed by atoms with Crippen molar-refractivity contribution in [2.24, 2.45) is 22.1 Å². The lowest BCUT2D eigenvalue weighted by atomic mass is 9.88. The van der Waals surface area contributed by atoms with Crippen LogP contribution in [0.5, 0.6) is 0 Å². The molecule has 1 aliphatic carbocycles. The van der Waals surface area contributed by atoms with Crippen LogP contribution in [0, 0.1) is 11.8 Å². The minimum Gasteiger partial charge on any atom is -0.225 e. The molecular weight excluding hydrogens is 396 g/mol. The molecule has 2 aromatic rings. The molecular formula is C20H22N2O4S2. The molecule has 3 rings (SSSR count). The minimum absolute atomic E-state index is 0.111. The van der Waals surface area contributed by atoms with E-state index in [1.807, 2.05) is 0 Å². The third kappa shape index (κ3) is 5.39. The number of allylic oxidation sites excluding steroid dienone is 4. The standard InChI is InChI=1S/C20H22N2O4S2/c21-27(23,24)19-9-5-17(6-10-19)13-15-1-2-16(4-3-15)14-18-7-11-20(12-8-18)28(22,25)26/h1-12,15-16H,13-14H2,(H2,21,23,24)(H2,22,25,26). The SMILES string of the molecule is NS(=O)(=O)c1ccc(CC2C=CC(Cc3ccc(S(N)(=O)=O)cc3)C=C2)cc1. The normalized spacial score (nSPS) is 19.6. The van der Waals surface area contributed by atoms with E-state index in [0.717, 1.165) is 24.0 Å². The largest absolute Gasteiger partial charge is 0.238 e. The maximum atomic E-state index is 11.3. The van der Waals surface area contributed by atoms with Crippen LogP contribution >= 0.6 is 0 Å². The molecule has 2 aromatic carbocycles. The van der Waals surface area contributed by atoms with Crippen LogP contribution in [-0.4, -0.2) is 16.8 Å². The van der Waals surface area contributed by atoms with Gasteiger partial charge in [0.25, 0.3) is 0 Å². The predicted octanol–water partition coefficient (Wildman–Crippen LogP) is 2.12. The molecule has 1 aliphatic rings. The zero-order chi connectivity index (χ0) is 20.4. The monoisotopic (exact) mass is 418 g/mol. The van der Waals surface area contributed by atoms with E-state index < -0.39 is 20.0 Å². The Hall–Kier alpha value is -2.26. The molecule has 0 heterocycles. The molecule has 8 heteroatoms. The van der Waals surface area contributed by atoms with Crippen molar-refractivity contribution in [3.63, 3.8) is 0 Å². The molecule has 0 aromatic heterocycles. The predicted molar refractivity (Wildman–Crippen MR) is 108 cm³/mol. The smallest absolute Gasteiger partial charge is 0.225 e. The Kier molecular flexibility index (Phi) is 5.85. The van der Waals surface area contributed by atoms with Gasteiger partial charge in [0.2, 0.25) is 20.0 Å². The first-order valence-electron chi connectivity index (χ1n) is 8.71. The van der Waals surface area contributed by atoms with Gasteiger partial charge in [0, 0.05) is 0 Å². The number of nitrogens with two attached hydrogens (primary N) is 2. The number of sulfonamides is 2. The summed E-state index contributed by atoms with van der Waals surface area (Å²) in [6.07, 6.45) is 10.1. The molecule has 0 saturated carbocycles. The summed E-state index contributed by atoms with van der Waals surface area (Å²) < 4.78 is 45.2. The molecule has 0 fully saturated rings. The van der Waals surface area contributed by atoms with Crippen molar-refractivity contribution in [2.45, 2.75) is 22.6 Å². The summed E-state index contributed by atoms with van der Waals surface area (Å²) in [5, 5.41) is 10.2. The van der Waals surface area contributed by atoms with Gasteiger partial charge in [0.05, 0.1) is 9.79 Å². The first-order chi connectivity index (χ1) is 13.1. The molecule has 0 bridgehead atoms. The number of benzene rings is 2. The molecule has 0 amide bonds. The van der Waals surface area contributed by atoms with E-state index in [0.29, 0.717) is 0 Å². The highest BCUT2D eigenvalue weighted by Gasteiger charge is 2.13. The number of hydrogen-bond donors (Lipinski definition) is 2. The Morgan fingerprint density at radius 3 is 1.11 bits per heavy atom. The fourth-order valence-corrected chi connectivity index (χ4v) is 4.18. The summed E-state index contributed by atoms with van der Waals surface area (Å²) in [6.45, 7) is 0. The lowest BCUT2D eigenvalue weighted by Crippen LogP contribution is -2.12. The first-order valence-corrected chi connectivity index (χ1v) is 11.8. The highest BCUT2D eigenvalue weighted by atomic mass is 32.2. The van der Waals surface area contributed by atoms with Gasteiger partial charge in [-0.15, -0.1) is 0 Å². The first kappa shape index (κ1) is 20.5. The second-order valence-corrected chi connectivity index (χ2v) is 10.0. The van der Waals surface area contributed by atoms with Crippen LogP contribution in [-0.2, 0) is 32.9 Å². The quantitative estimate of drug-likeness (QED) is 0.698. The van der Waals surface area contributed by atoms with E-state index in [4.69, 9.17) is 10.3 Å². The lowest BCUT2D eigenvalue weighted by Gasteiger charge is -2.17. The van der Waals surface area contributed by atoms with Gasteiger partial charge < -0.3 is 0 Å². The van der Waals surface area contributed by atoms with Crippen LogP contribution in [0.2, 0.25) is 0 Å². The van der Waals surface area contributed by atoms with E-state index >= 15 is 0 Å². The molecule has 28 heavy (non-hydrogen) atoms. The number of rotatable bonds is 6. The molecule has 0 atom stereocenters. The Balaban J connectivity index is 1.58. The maximum Gasteiger partial charge on any atom is 0.238 e. The van der Waals surface area contributed by atoms with Gasteiger partial charge in [-0.05, 0) is 60.1 Å². The van der Waals surface area contributed by atoms with E-state index in [1.54, 1.807) is 24.3 Å². The Morgan fingerprint density at radius 2 is 0.857 bits per heavy atom. The zero-order valence-electron chi connectivity index (χ0n) is 15.1. The van der Waals surface area contributed by atoms with E-state index in [1.165, 1.54) is 24.3 Å². The van der Waals surface area contributed by atoms with Crippen LogP contribution in [0.4, 0.5) is 0 Å². The number of primary sulfonamides is 2. The second kappa shape index (κ2) is 8.00. The van der Waals surface area contributed by atoms with Gasteiger partial charge >= 0.3 is 0 Å². The van der Waals surface area contributed by atoms with Gasteiger partial charge in [0.15, 0.2) is 0 Å². The van der Waals surface area contributed by atoms with Crippen LogP contribution in [0.25, 0.3) is 0 Å². The fourth-order valence-electron chi connectivity index (χ4n) is 3.15. The van der Waals surface area contributed by atoms with Crippen LogP contribution in [0.3, 0.4) is 0 Å². The van der Waals surface area contributed by atoms with Gasteiger partial charge in [0.1, 0.15) is 0 Å². The van der Waals surface area contributed by atoms with Crippen molar-refractivity contribution in [3.8, 4) is 0 Å². The molecule has 6 nitrogen and oxygen atoms in total. The van der Waals surface area contributed by atoms with Crippen LogP contribution in [0.1, 0.15) is 11.1 Å². The van der Waals surface area contributed by atoms with E-state index in [9.17, 15) is 16.8 Å². The second-order valence-electron chi connectivity index (χ2n) is 6.88. The van der Waals surface area contributed by atoms with Crippen molar-refractivity contribution < 1.29 is 16.8 Å². The average molecular weight is 419 g/mol. The Morgan fingerprint density at radius 1 is 0.571 bits per heavy atom. The van der Waals surface area contributed by atoms with Crippen molar-refractivity contribution in [2.75, 3.05) is 0 Å². The zero-order valence-corrected chi connectivity index (χ0v) is 16.7. The lowest BCUT2D eigenvalue weighted by molar-refractivity contribution is 0.596. The van der Waals surface area contributed by atoms with Crippen molar-refractivity contribution >= 4 is 20.0 Å². The summed E-state index contributed by atoms with van der Waals surface area (Å²) in [4.78, 5) is 0.221. The Labute approximate surface area is 165 Å². The molecule has 0 saturated heterocycles. The van der Waals surface area contributed by atoms with Gasteiger partial charge in [-0.25, -0.2) is 27.1 Å². The summed E-state index contributed by atoms with van der Waals surface area (Å²) >= 11 is 0. The third-order valence-corrected chi connectivity index (χ3v) is 6.52. The minimum atomic E-state index is -3.67. The van der Waals surface area contributed by atoms with E-state index in [-0.39, 0.29) is 21.6 Å². The average Bonchev–Trinajstić information content (AvgIpc) is 2.63. The molecule has 0 unspecified atom stereocenters. The van der Waals surface area contributed by atoms with Gasteiger partial charge in [-0.3, -0.25) is 0 Å². The molecule has 4 N–H and O–H groups in total. The summed E-state index contributed by atoms with van der Waals surface area (Å²) in [7, 11) is -7.34. The molecule has 0 spiro atoms. The van der Waals surface area contributed by atoms with E-state index in [2.05, 4.69) is 24.3 Å². The van der Waals surface area contributed by atoms with Crippen molar-refractivity contribution in [1.29, 1.82) is 0 Å². The highest BCUT2D eigenvalue weighted by molar-refractivity contribution is 7.89. The maximum absolute atomic E-state index is 11.3. The topological polar surface area (TPSA) is 120 Å². The summed E-state index contributed by atoms with van der Waals surface area (Å²) in [5.74, 6) is 0.475. The van der Waals surface area contributed by atoms with Gasteiger partial charge in [-0.2, -0.15) is 0 Å². The van der Waals surface area contributed by atoms with Crippen molar-refractivity contribution in [3.05, 3.63) is 84.0 Å². The van der Waals surface area contributed by atoms with Crippen LogP contribution < -0.4 is 10.3 Å². The third-order valence-electron chi connectivity index (χ3n) is 4.66. The molecule has 0 radical (unpaired) electrons. The molecule has 0 aliphatic heterocycles. The Bertz CT molecular complexity index is 998.